The molecule has 1 atom stereocenters. The van der Waals surface area contributed by atoms with E-state index < -0.39 is 0 Å². The molecule has 0 saturated heterocycles. The summed E-state index contributed by atoms with van der Waals surface area (Å²) in [4.78, 5) is 9.34. The van der Waals surface area contributed by atoms with Crippen molar-refractivity contribution >= 4 is 11.5 Å². The van der Waals surface area contributed by atoms with Crippen molar-refractivity contribution < 1.29 is 4.42 Å². The average molecular weight is 368 g/mol. The predicted molar refractivity (Wildman–Crippen MR) is 109 cm³/mol. The molecule has 0 radical (unpaired) electrons. The third-order valence-electron chi connectivity index (χ3n) is 5.15. The molecular formula is C23H20N4O. The lowest BCUT2D eigenvalue weighted by molar-refractivity contribution is 0.511. The highest BCUT2D eigenvalue weighted by Gasteiger charge is 2.31. The Morgan fingerprint density at radius 3 is 2.68 bits per heavy atom. The fraction of sp³-hybridized carbons (Fsp3) is 0.174. The van der Waals surface area contributed by atoms with Gasteiger partial charge in [-0.25, -0.2) is 9.67 Å². The summed E-state index contributed by atoms with van der Waals surface area (Å²) in [5.41, 5.74) is 5.34. The van der Waals surface area contributed by atoms with E-state index >= 15 is 0 Å². The third-order valence-corrected chi connectivity index (χ3v) is 5.15. The van der Waals surface area contributed by atoms with Crippen molar-refractivity contribution in [2.24, 2.45) is 4.99 Å². The smallest absolute Gasteiger partial charge is 0.159 e. The van der Waals surface area contributed by atoms with Gasteiger partial charge in [-0.2, -0.15) is 5.10 Å². The maximum absolute atomic E-state index is 5.67. The number of rotatable bonds is 4. The predicted octanol–water partition coefficient (Wildman–Crippen LogP) is 5.21. The van der Waals surface area contributed by atoms with Gasteiger partial charge in [0, 0.05) is 24.4 Å². The number of furan rings is 1. The largest absolute Gasteiger partial charge is 0.463 e. The molecule has 138 valence electrons. The molecule has 0 fully saturated rings. The van der Waals surface area contributed by atoms with E-state index in [9.17, 15) is 0 Å². The van der Waals surface area contributed by atoms with Crippen LogP contribution in [0.5, 0.6) is 0 Å². The maximum atomic E-state index is 5.67. The first-order valence-electron chi connectivity index (χ1n) is 9.53. The molecule has 4 heterocycles. The Bertz CT molecular complexity index is 1110. The fourth-order valence-electron chi connectivity index (χ4n) is 3.82. The number of aromatic nitrogens is 3. The summed E-state index contributed by atoms with van der Waals surface area (Å²) in [7, 11) is 0. The molecule has 0 amide bonds. The molecule has 4 aromatic rings. The Balaban J connectivity index is 1.75. The maximum Gasteiger partial charge on any atom is 0.159 e. The standard InChI is InChI=1S/C23H20N4O/c1-2-18-22(16-8-4-3-5-9-16)23-25-19(21-11-7-13-28-21)14-20(27(23)26-18)17-10-6-12-24-15-17/h3-13,15,20H,2,14H2,1H3/t20-/m0/s1. The van der Waals surface area contributed by atoms with Gasteiger partial charge >= 0.3 is 0 Å². The molecule has 0 unspecified atom stereocenters. The minimum Gasteiger partial charge on any atom is -0.463 e. The van der Waals surface area contributed by atoms with Gasteiger partial charge < -0.3 is 4.42 Å². The van der Waals surface area contributed by atoms with Crippen LogP contribution < -0.4 is 0 Å². The second-order valence-corrected chi connectivity index (χ2v) is 6.85. The second-order valence-electron chi connectivity index (χ2n) is 6.85. The number of aliphatic imine (C=N–C) groups is 1. The number of hydrogen-bond donors (Lipinski definition) is 0. The van der Waals surface area contributed by atoms with Crippen LogP contribution in [0.15, 0.2) is 82.7 Å². The molecular weight excluding hydrogens is 348 g/mol. The topological polar surface area (TPSA) is 56.2 Å². The minimum absolute atomic E-state index is 0.0315. The number of nitrogens with zero attached hydrogens (tertiary/aromatic N) is 4. The summed E-state index contributed by atoms with van der Waals surface area (Å²) in [5, 5.41) is 4.97. The average Bonchev–Trinajstić information content (AvgIpc) is 3.42. The molecule has 5 rings (SSSR count). The molecule has 5 heteroatoms. The monoisotopic (exact) mass is 368 g/mol. The fourth-order valence-corrected chi connectivity index (χ4v) is 3.82. The van der Waals surface area contributed by atoms with E-state index in [1.54, 1.807) is 12.5 Å². The van der Waals surface area contributed by atoms with Crippen molar-refractivity contribution in [2.45, 2.75) is 25.8 Å². The molecule has 28 heavy (non-hydrogen) atoms. The van der Waals surface area contributed by atoms with Crippen LogP contribution in [-0.2, 0) is 6.42 Å². The van der Waals surface area contributed by atoms with E-state index in [1.165, 1.54) is 0 Å². The van der Waals surface area contributed by atoms with Gasteiger partial charge in [0.2, 0.25) is 0 Å². The van der Waals surface area contributed by atoms with Crippen LogP contribution in [-0.4, -0.2) is 20.5 Å². The lowest BCUT2D eigenvalue weighted by Crippen LogP contribution is -2.21. The van der Waals surface area contributed by atoms with E-state index in [1.807, 2.05) is 30.5 Å². The van der Waals surface area contributed by atoms with Crippen LogP contribution >= 0.6 is 0 Å². The van der Waals surface area contributed by atoms with E-state index in [0.717, 1.165) is 46.1 Å². The summed E-state index contributed by atoms with van der Waals surface area (Å²) < 4.78 is 7.73. The van der Waals surface area contributed by atoms with Gasteiger partial charge in [-0.1, -0.05) is 43.3 Å². The Hall–Kier alpha value is -3.47. The van der Waals surface area contributed by atoms with Gasteiger partial charge in [0.25, 0.3) is 0 Å². The summed E-state index contributed by atoms with van der Waals surface area (Å²) in [6.45, 7) is 2.14. The van der Waals surface area contributed by atoms with Crippen molar-refractivity contribution in [3.8, 4) is 11.1 Å². The Morgan fingerprint density at radius 1 is 1.07 bits per heavy atom. The van der Waals surface area contributed by atoms with E-state index in [4.69, 9.17) is 14.5 Å². The second kappa shape index (κ2) is 6.93. The molecule has 3 aromatic heterocycles. The summed E-state index contributed by atoms with van der Waals surface area (Å²) in [5.74, 6) is 1.69. The van der Waals surface area contributed by atoms with Crippen LogP contribution in [0, 0.1) is 0 Å². The van der Waals surface area contributed by atoms with E-state index in [-0.39, 0.29) is 6.04 Å². The highest BCUT2D eigenvalue weighted by atomic mass is 16.3. The first kappa shape index (κ1) is 16.7. The van der Waals surface area contributed by atoms with Crippen LogP contribution in [0.25, 0.3) is 11.1 Å². The van der Waals surface area contributed by atoms with Gasteiger partial charge in [-0.05, 0) is 35.7 Å². The van der Waals surface area contributed by atoms with Crippen molar-refractivity contribution in [3.63, 3.8) is 0 Å². The number of fused-ring (bicyclic) bond motifs is 1. The van der Waals surface area contributed by atoms with Crippen LogP contribution in [0.1, 0.15) is 36.4 Å². The van der Waals surface area contributed by atoms with Crippen molar-refractivity contribution in [1.82, 2.24) is 14.8 Å². The quantitative estimate of drug-likeness (QED) is 0.496. The normalized spacial score (nSPS) is 15.9. The van der Waals surface area contributed by atoms with Crippen molar-refractivity contribution in [1.29, 1.82) is 0 Å². The molecule has 1 aliphatic heterocycles. The van der Waals surface area contributed by atoms with E-state index in [0.29, 0.717) is 6.42 Å². The van der Waals surface area contributed by atoms with Crippen LogP contribution in [0.2, 0.25) is 0 Å². The Labute approximate surface area is 163 Å². The molecule has 0 aliphatic carbocycles. The number of pyridine rings is 1. The lowest BCUT2D eigenvalue weighted by atomic mass is 9.98. The molecule has 0 saturated carbocycles. The molecule has 0 spiro atoms. The zero-order valence-electron chi connectivity index (χ0n) is 15.6. The zero-order chi connectivity index (χ0) is 18.9. The number of hydrogen-bond acceptors (Lipinski definition) is 4. The lowest BCUT2D eigenvalue weighted by Gasteiger charge is -2.24. The Kier molecular flexibility index (Phi) is 4.13. The first-order valence-corrected chi connectivity index (χ1v) is 9.53. The Morgan fingerprint density at radius 2 is 1.96 bits per heavy atom. The summed E-state index contributed by atoms with van der Waals surface area (Å²) in [6.07, 6.45) is 6.96. The number of aryl methyl sites for hydroxylation is 1. The van der Waals surface area contributed by atoms with Crippen LogP contribution in [0.3, 0.4) is 0 Å². The summed E-state index contributed by atoms with van der Waals surface area (Å²) >= 11 is 0. The van der Waals surface area contributed by atoms with Crippen molar-refractivity contribution in [3.05, 3.63) is 90.3 Å². The van der Waals surface area contributed by atoms with Gasteiger partial charge in [0.05, 0.1) is 23.7 Å². The van der Waals surface area contributed by atoms with Gasteiger partial charge in [-0.15, -0.1) is 0 Å². The highest BCUT2D eigenvalue weighted by molar-refractivity contribution is 6.02. The molecule has 5 nitrogen and oxygen atoms in total. The highest BCUT2D eigenvalue weighted by Crippen LogP contribution is 2.41. The van der Waals surface area contributed by atoms with Crippen molar-refractivity contribution in [2.75, 3.05) is 0 Å². The first-order chi connectivity index (χ1) is 13.8. The summed E-state index contributed by atoms with van der Waals surface area (Å²) in [6, 6.07) is 18.3. The van der Waals surface area contributed by atoms with Gasteiger partial charge in [0.1, 0.15) is 5.76 Å². The molecule has 1 aliphatic rings. The zero-order valence-corrected chi connectivity index (χ0v) is 15.6. The van der Waals surface area contributed by atoms with Gasteiger partial charge in [-0.3, -0.25) is 4.98 Å². The third kappa shape index (κ3) is 2.76. The van der Waals surface area contributed by atoms with Gasteiger partial charge in [0.15, 0.2) is 5.82 Å². The van der Waals surface area contributed by atoms with Crippen LogP contribution in [0.4, 0.5) is 5.82 Å². The molecule has 0 bridgehead atoms. The SMILES string of the molecule is CCc1nn2c(c1-c1ccccc1)N=C(c1ccco1)C[C@H]2c1cccnc1. The number of benzene rings is 1. The van der Waals surface area contributed by atoms with E-state index in [2.05, 4.69) is 46.9 Å². The molecule has 0 N–H and O–H groups in total. The molecule has 1 aromatic carbocycles. The minimum atomic E-state index is 0.0315.